The number of piperazine rings is 1. The first-order valence-electron chi connectivity index (χ1n) is 17.2. The molecule has 6 atom stereocenters. The van der Waals surface area contributed by atoms with Crippen molar-refractivity contribution in [3.63, 3.8) is 0 Å². The molecule has 2 unspecified atom stereocenters. The minimum absolute atomic E-state index is 0.0237. The molecule has 4 aliphatic rings. The minimum atomic E-state index is -0.997. The summed E-state index contributed by atoms with van der Waals surface area (Å²) >= 11 is 0. The number of likely N-dealkylation sites (N-methyl/N-ethyl adjacent to an activating group) is 1. The number of aromatic hydroxyl groups is 1. The predicted octanol–water partition coefficient (Wildman–Crippen LogP) is 2.73. The number of hydrogen-bond donors (Lipinski definition) is 4. The fourth-order valence-electron chi connectivity index (χ4n) is 8.61. The number of hydrogen-bond acceptors (Lipinski definition) is 11. The van der Waals surface area contributed by atoms with Gasteiger partial charge < -0.3 is 39.8 Å². The number of rotatable bonds is 8. The van der Waals surface area contributed by atoms with Crippen LogP contribution in [0.2, 0.25) is 0 Å². The zero-order valence-electron chi connectivity index (χ0n) is 29.6. The summed E-state index contributed by atoms with van der Waals surface area (Å²) in [6.45, 7) is 6.63. The monoisotopic (exact) mass is 700 g/mol. The molecule has 3 aromatic carbocycles. The van der Waals surface area contributed by atoms with Crippen LogP contribution in [0, 0.1) is 13.8 Å². The number of aryl methyl sites for hydroxylation is 1. The molecule has 0 aliphatic carbocycles. The molecule has 4 aliphatic heterocycles. The number of aliphatic hydroxyl groups is 1. The van der Waals surface area contributed by atoms with Crippen molar-refractivity contribution in [3.8, 4) is 28.7 Å². The predicted molar refractivity (Wildman–Crippen MR) is 185 cm³/mol. The first kappa shape index (κ1) is 34.6. The lowest BCUT2D eigenvalue weighted by Gasteiger charge is -2.60. The summed E-state index contributed by atoms with van der Waals surface area (Å²) in [4.78, 5) is 43.0. The molecule has 2 bridgehead atoms. The molecule has 2 amide bonds. The second kappa shape index (κ2) is 13.4. The molecule has 0 aromatic heterocycles. The summed E-state index contributed by atoms with van der Waals surface area (Å²) in [6.07, 6.45) is -0.0818. The summed E-state index contributed by atoms with van der Waals surface area (Å²) in [6, 6.07) is 8.55. The van der Waals surface area contributed by atoms with Gasteiger partial charge in [0.15, 0.2) is 23.0 Å². The van der Waals surface area contributed by atoms with E-state index in [0.717, 1.165) is 16.7 Å². The number of carbonyl (C=O) groups is 3. The average Bonchev–Trinajstić information content (AvgIpc) is 3.58. The highest BCUT2D eigenvalue weighted by molar-refractivity contribution is 5.88. The van der Waals surface area contributed by atoms with Crippen LogP contribution in [0.15, 0.2) is 36.4 Å². The van der Waals surface area contributed by atoms with Crippen molar-refractivity contribution in [1.29, 1.82) is 0 Å². The Kier molecular flexibility index (Phi) is 9.06. The Labute approximate surface area is 296 Å². The number of ether oxygens (including phenoxy) is 4. The molecule has 0 radical (unpaired) electrons. The Hall–Kier alpha value is -4.85. The van der Waals surface area contributed by atoms with E-state index in [0.29, 0.717) is 58.1 Å². The van der Waals surface area contributed by atoms with E-state index in [-0.39, 0.29) is 37.5 Å². The van der Waals surface area contributed by atoms with Crippen molar-refractivity contribution < 1.29 is 43.5 Å². The van der Waals surface area contributed by atoms with Gasteiger partial charge in [0.2, 0.25) is 18.6 Å². The van der Waals surface area contributed by atoms with E-state index in [4.69, 9.17) is 18.9 Å². The number of methoxy groups -OCH3 is 1. The Morgan fingerprint density at radius 2 is 1.76 bits per heavy atom. The topological polar surface area (TPSA) is 159 Å². The van der Waals surface area contributed by atoms with Crippen molar-refractivity contribution in [1.82, 2.24) is 20.4 Å². The van der Waals surface area contributed by atoms with Gasteiger partial charge in [0.1, 0.15) is 18.0 Å². The van der Waals surface area contributed by atoms with E-state index < -0.39 is 42.3 Å². The van der Waals surface area contributed by atoms with Gasteiger partial charge in [-0.3, -0.25) is 24.2 Å². The normalized spacial score (nSPS) is 23.7. The summed E-state index contributed by atoms with van der Waals surface area (Å²) in [5.41, 5.74) is 5.21. The Morgan fingerprint density at radius 3 is 2.47 bits per heavy atom. The number of aliphatic hydroxyl groups excluding tert-OH is 1. The number of fused-ring (bicyclic) bond motifs is 9. The van der Waals surface area contributed by atoms with Gasteiger partial charge in [0, 0.05) is 41.8 Å². The molecule has 4 N–H and O–H groups in total. The quantitative estimate of drug-likeness (QED) is 0.202. The van der Waals surface area contributed by atoms with Crippen molar-refractivity contribution in [3.05, 3.63) is 75.3 Å². The number of benzene rings is 3. The first-order chi connectivity index (χ1) is 24.4. The highest BCUT2D eigenvalue weighted by Gasteiger charge is 2.56. The van der Waals surface area contributed by atoms with Crippen molar-refractivity contribution >= 4 is 17.8 Å². The Balaban J connectivity index is 1.29. The van der Waals surface area contributed by atoms with Crippen molar-refractivity contribution in [2.75, 3.05) is 27.5 Å². The van der Waals surface area contributed by atoms with Gasteiger partial charge in [-0.2, -0.15) is 0 Å². The van der Waals surface area contributed by atoms with Gasteiger partial charge in [0.25, 0.3) is 0 Å². The van der Waals surface area contributed by atoms with Crippen LogP contribution in [0.1, 0.15) is 64.9 Å². The van der Waals surface area contributed by atoms with Gasteiger partial charge in [-0.25, -0.2) is 0 Å². The zero-order chi connectivity index (χ0) is 36.3. The third-order valence-corrected chi connectivity index (χ3v) is 10.8. The number of phenols is 1. The van der Waals surface area contributed by atoms with Gasteiger partial charge >= 0.3 is 5.97 Å². The molecule has 4 heterocycles. The highest BCUT2D eigenvalue weighted by atomic mass is 16.7. The maximum absolute atomic E-state index is 13.6. The molecular formula is C38H44N4O9. The van der Waals surface area contributed by atoms with Crippen molar-refractivity contribution in [2.24, 2.45) is 0 Å². The summed E-state index contributed by atoms with van der Waals surface area (Å²) in [5, 5.41) is 29.8. The van der Waals surface area contributed by atoms with Gasteiger partial charge in [0.05, 0.1) is 31.7 Å². The summed E-state index contributed by atoms with van der Waals surface area (Å²) in [5.74, 6) is 0.494. The molecule has 0 spiro atoms. The number of amides is 2. The molecular weight excluding hydrogens is 656 g/mol. The number of carbonyl (C=O) groups excluding carboxylic acids is 3. The van der Waals surface area contributed by atoms with Gasteiger partial charge in [-0.15, -0.1) is 0 Å². The molecule has 51 heavy (non-hydrogen) atoms. The lowest BCUT2D eigenvalue weighted by molar-refractivity contribution is -0.172. The van der Waals surface area contributed by atoms with E-state index in [1.807, 2.05) is 62.2 Å². The molecule has 1 fully saturated rings. The number of esters is 1. The van der Waals surface area contributed by atoms with E-state index in [1.165, 1.54) is 14.0 Å². The second-order valence-electron chi connectivity index (χ2n) is 13.9. The maximum atomic E-state index is 13.6. The molecule has 1 saturated heterocycles. The second-order valence-corrected chi connectivity index (χ2v) is 13.9. The van der Waals surface area contributed by atoms with E-state index in [9.17, 15) is 24.6 Å². The summed E-state index contributed by atoms with van der Waals surface area (Å²) in [7, 11) is 3.47. The summed E-state index contributed by atoms with van der Waals surface area (Å²) < 4.78 is 23.5. The van der Waals surface area contributed by atoms with Crippen LogP contribution in [0.4, 0.5) is 0 Å². The van der Waals surface area contributed by atoms with Crippen LogP contribution >= 0.6 is 0 Å². The van der Waals surface area contributed by atoms with Crippen LogP contribution < -0.4 is 29.6 Å². The Bertz CT molecular complexity index is 1900. The van der Waals surface area contributed by atoms with Crippen LogP contribution in [0.5, 0.6) is 28.7 Å². The van der Waals surface area contributed by atoms with Gasteiger partial charge in [-0.05, 0) is 57.4 Å². The number of nitrogens with one attached hydrogen (secondary N) is 2. The van der Waals surface area contributed by atoms with Crippen LogP contribution in [-0.4, -0.2) is 89.6 Å². The van der Waals surface area contributed by atoms with Gasteiger partial charge in [-0.1, -0.05) is 36.4 Å². The molecule has 270 valence electrons. The van der Waals surface area contributed by atoms with Crippen LogP contribution in [-0.2, 0) is 33.6 Å². The SMILES string of the molecule is COc1c(C)cc2c(c1O)[C@H]1C3Cc4c(OC(C)=O)c(C)c5c(c4[C@H](CNC(=O)[C@H](C)NC(=O)Cc4ccccc4)N3C(O)[C@@H](C2)N1C)OCO5. The number of phenolic OH excluding ortho intramolecular Hbond substituents is 1. The number of nitrogens with zero attached hydrogens (tertiary/aromatic N) is 2. The molecule has 3 aromatic rings. The third kappa shape index (κ3) is 5.82. The van der Waals surface area contributed by atoms with E-state index >= 15 is 0 Å². The maximum Gasteiger partial charge on any atom is 0.308 e. The smallest absolute Gasteiger partial charge is 0.308 e. The van der Waals surface area contributed by atoms with Crippen molar-refractivity contribution in [2.45, 2.75) is 83.4 Å². The fraction of sp³-hybridized carbons (Fsp3) is 0.447. The highest BCUT2D eigenvalue weighted by Crippen LogP contribution is 2.58. The standard InChI is InChI=1S/C38H44N4O9/c1-18-12-23-14-26-38(47)42-25(31(41(26)5)29(23)32(45)33(18)48-6)15-24-30(36-35(49-17-50-36)19(2)34(24)51-21(4)43)27(42)16-39-37(46)20(3)40-28(44)13-22-10-8-7-9-11-22/h7-12,20,25-27,31,38,45,47H,13-17H2,1-6H3,(H,39,46)(H,40,44)/t20-,25?,26+,27-,31+,38?/m0/s1. The fourth-order valence-corrected chi connectivity index (χ4v) is 8.61. The molecule has 13 heteroatoms. The van der Waals surface area contributed by atoms with Crippen LogP contribution in [0.25, 0.3) is 0 Å². The van der Waals surface area contributed by atoms with E-state index in [1.54, 1.807) is 6.92 Å². The lowest BCUT2D eigenvalue weighted by Crippen LogP contribution is -2.69. The molecule has 13 nitrogen and oxygen atoms in total. The molecule has 0 saturated carbocycles. The lowest BCUT2D eigenvalue weighted by atomic mass is 9.73. The Morgan fingerprint density at radius 1 is 1.04 bits per heavy atom. The van der Waals surface area contributed by atoms with E-state index in [2.05, 4.69) is 15.5 Å². The average molecular weight is 701 g/mol. The zero-order valence-corrected chi connectivity index (χ0v) is 29.6. The molecule has 7 rings (SSSR count). The first-order valence-corrected chi connectivity index (χ1v) is 17.2. The van der Waals surface area contributed by atoms with Crippen LogP contribution in [0.3, 0.4) is 0 Å². The largest absolute Gasteiger partial charge is 0.504 e. The third-order valence-electron chi connectivity index (χ3n) is 10.8. The minimum Gasteiger partial charge on any atom is -0.504 e.